The van der Waals surface area contributed by atoms with Crippen LogP contribution < -0.4 is 14.8 Å². The summed E-state index contributed by atoms with van der Waals surface area (Å²) in [6, 6.07) is 13.6. The number of ether oxygens (including phenoxy) is 2. The molecule has 2 rings (SSSR count). The number of nitrogens with one attached hydrogen (secondary N) is 1. The molecule has 0 aliphatic carbocycles. The fourth-order valence-electron chi connectivity index (χ4n) is 2.62. The molecule has 0 aromatic heterocycles. The summed E-state index contributed by atoms with van der Waals surface area (Å²) in [6.45, 7) is 9.27. The predicted octanol–water partition coefficient (Wildman–Crippen LogP) is 5.90. The number of carbonyl (C=O) groups excluding carboxylic acids is 1. The van der Waals surface area contributed by atoms with E-state index in [0.717, 1.165) is 23.4 Å². The molecule has 0 aliphatic rings. The molecule has 0 saturated carbocycles. The van der Waals surface area contributed by atoms with Crippen LogP contribution in [0.5, 0.6) is 11.5 Å². The Hall–Kier alpha value is -2.75. The van der Waals surface area contributed by atoms with Crippen molar-refractivity contribution < 1.29 is 14.3 Å². The number of hydrogen-bond donors (Lipinski definition) is 1. The van der Waals surface area contributed by atoms with Crippen LogP contribution >= 0.6 is 0 Å². The van der Waals surface area contributed by atoms with Crippen LogP contribution in [0.2, 0.25) is 0 Å². The maximum Gasteiger partial charge on any atom is 0.248 e. The minimum atomic E-state index is -0.173. The molecule has 28 heavy (non-hydrogen) atoms. The van der Waals surface area contributed by atoms with Gasteiger partial charge in [-0.1, -0.05) is 45.9 Å². The lowest BCUT2D eigenvalue weighted by atomic mass is 10.0. The van der Waals surface area contributed by atoms with Crippen molar-refractivity contribution in [2.24, 2.45) is 5.92 Å². The quantitative estimate of drug-likeness (QED) is 0.551. The molecule has 0 fully saturated rings. The Labute approximate surface area is 168 Å². The molecular formula is C24H31NO3. The smallest absolute Gasteiger partial charge is 0.248 e. The van der Waals surface area contributed by atoms with Gasteiger partial charge < -0.3 is 14.8 Å². The fourth-order valence-corrected chi connectivity index (χ4v) is 2.62. The molecule has 0 radical (unpaired) electrons. The standard InChI is InChI=1S/C24H31NO3/c1-17(2)14-15-28-22-12-6-19(16-23(22)27-5)7-13-24(26)25-21-10-8-20(9-11-21)18(3)4/h6-13,16-18H,14-15H2,1-5H3,(H,25,26). The van der Waals surface area contributed by atoms with Gasteiger partial charge in [0.25, 0.3) is 0 Å². The molecule has 0 aliphatic heterocycles. The van der Waals surface area contributed by atoms with E-state index in [-0.39, 0.29) is 5.91 Å². The zero-order valence-corrected chi connectivity index (χ0v) is 17.5. The van der Waals surface area contributed by atoms with Crippen molar-refractivity contribution in [1.82, 2.24) is 0 Å². The summed E-state index contributed by atoms with van der Waals surface area (Å²) >= 11 is 0. The van der Waals surface area contributed by atoms with Crippen molar-refractivity contribution in [2.45, 2.75) is 40.0 Å². The molecule has 0 spiro atoms. The molecule has 4 heteroatoms. The van der Waals surface area contributed by atoms with E-state index in [4.69, 9.17) is 9.47 Å². The Balaban J connectivity index is 1.97. The van der Waals surface area contributed by atoms with Crippen LogP contribution in [0.4, 0.5) is 5.69 Å². The van der Waals surface area contributed by atoms with Gasteiger partial charge in [0.2, 0.25) is 5.91 Å². The summed E-state index contributed by atoms with van der Waals surface area (Å²) in [5.74, 6) is 2.27. The first-order chi connectivity index (χ1) is 13.4. The van der Waals surface area contributed by atoms with Crippen LogP contribution in [0.1, 0.15) is 51.2 Å². The average Bonchev–Trinajstić information content (AvgIpc) is 2.67. The second kappa shape index (κ2) is 10.5. The molecular weight excluding hydrogens is 350 g/mol. The highest BCUT2D eigenvalue weighted by atomic mass is 16.5. The van der Waals surface area contributed by atoms with Gasteiger partial charge in [-0.25, -0.2) is 0 Å². The molecule has 0 heterocycles. The number of hydrogen-bond acceptors (Lipinski definition) is 3. The van der Waals surface area contributed by atoms with E-state index < -0.39 is 0 Å². The van der Waals surface area contributed by atoms with Crippen molar-refractivity contribution >= 4 is 17.7 Å². The molecule has 0 atom stereocenters. The van der Waals surface area contributed by atoms with Crippen LogP contribution in [0.3, 0.4) is 0 Å². The maximum atomic E-state index is 12.2. The number of benzene rings is 2. The van der Waals surface area contributed by atoms with Gasteiger partial charge in [0, 0.05) is 11.8 Å². The molecule has 1 amide bonds. The lowest BCUT2D eigenvalue weighted by Crippen LogP contribution is -2.07. The normalized spacial score (nSPS) is 11.2. The Morgan fingerprint density at radius 3 is 2.36 bits per heavy atom. The Morgan fingerprint density at radius 1 is 1.04 bits per heavy atom. The maximum absolute atomic E-state index is 12.2. The van der Waals surface area contributed by atoms with E-state index in [0.29, 0.717) is 24.2 Å². The zero-order chi connectivity index (χ0) is 20.5. The zero-order valence-electron chi connectivity index (χ0n) is 17.5. The highest BCUT2D eigenvalue weighted by molar-refractivity contribution is 6.01. The first kappa shape index (κ1) is 21.5. The second-order valence-electron chi connectivity index (χ2n) is 7.54. The molecule has 2 aromatic carbocycles. The predicted molar refractivity (Wildman–Crippen MR) is 116 cm³/mol. The minimum absolute atomic E-state index is 0.173. The van der Waals surface area contributed by atoms with Crippen molar-refractivity contribution in [2.75, 3.05) is 19.0 Å². The average molecular weight is 382 g/mol. The monoisotopic (exact) mass is 381 g/mol. The van der Waals surface area contributed by atoms with Gasteiger partial charge in [-0.05, 0) is 59.7 Å². The Kier molecular flexibility index (Phi) is 8.12. The first-order valence-corrected chi connectivity index (χ1v) is 9.79. The summed E-state index contributed by atoms with van der Waals surface area (Å²) in [7, 11) is 1.62. The van der Waals surface area contributed by atoms with Gasteiger partial charge in [0.1, 0.15) is 0 Å². The van der Waals surface area contributed by atoms with Crippen LogP contribution in [-0.4, -0.2) is 19.6 Å². The molecule has 0 saturated heterocycles. The van der Waals surface area contributed by atoms with Gasteiger partial charge in [-0.2, -0.15) is 0 Å². The molecule has 1 N–H and O–H groups in total. The van der Waals surface area contributed by atoms with E-state index in [1.54, 1.807) is 13.2 Å². The summed E-state index contributed by atoms with van der Waals surface area (Å²) in [6.07, 6.45) is 4.27. The lowest BCUT2D eigenvalue weighted by Gasteiger charge is -2.12. The fraction of sp³-hybridized carbons (Fsp3) is 0.375. The Morgan fingerprint density at radius 2 is 1.75 bits per heavy atom. The highest BCUT2D eigenvalue weighted by Crippen LogP contribution is 2.29. The molecule has 0 unspecified atom stereocenters. The number of amides is 1. The topological polar surface area (TPSA) is 47.6 Å². The first-order valence-electron chi connectivity index (χ1n) is 9.79. The van der Waals surface area contributed by atoms with Crippen molar-refractivity contribution in [3.63, 3.8) is 0 Å². The van der Waals surface area contributed by atoms with E-state index in [9.17, 15) is 4.79 Å². The number of rotatable bonds is 9. The summed E-state index contributed by atoms with van der Waals surface area (Å²) < 4.78 is 11.2. The van der Waals surface area contributed by atoms with Crippen molar-refractivity contribution in [3.05, 3.63) is 59.7 Å². The van der Waals surface area contributed by atoms with Crippen LogP contribution in [-0.2, 0) is 4.79 Å². The largest absolute Gasteiger partial charge is 0.493 e. The van der Waals surface area contributed by atoms with E-state index in [1.807, 2.05) is 42.5 Å². The van der Waals surface area contributed by atoms with Gasteiger partial charge in [-0.15, -0.1) is 0 Å². The minimum Gasteiger partial charge on any atom is -0.493 e. The van der Waals surface area contributed by atoms with E-state index in [2.05, 4.69) is 33.0 Å². The SMILES string of the molecule is COc1cc(C=CC(=O)Nc2ccc(C(C)C)cc2)ccc1OCCC(C)C. The third-order valence-corrected chi connectivity index (χ3v) is 4.41. The number of methoxy groups -OCH3 is 1. The molecule has 4 nitrogen and oxygen atoms in total. The molecule has 150 valence electrons. The van der Waals surface area contributed by atoms with Gasteiger partial charge in [0.05, 0.1) is 13.7 Å². The van der Waals surface area contributed by atoms with Crippen LogP contribution in [0, 0.1) is 5.92 Å². The van der Waals surface area contributed by atoms with Crippen molar-refractivity contribution in [3.8, 4) is 11.5 Å². The molecule has 2 aromatic rings. The van der Waals surface area contributed by atoms with Crippen LogP contribution in [0.25, 0.3) is 6.08 Å². The van der Waals surface area contributed by atoms with E-state index >= 15 is 0 Å². The molecule has 0 bridgehead atoms. The highest BCUT2D eigenvalue weighted by Gasteiger charge is 2.06. The number of anilines is 1. The summed E-state index contributed by atoms with van der Waals surface area (Å²) in [5, 5.41) is 2.88. The van der Waals surface area contributed by atoms with E-state index in [1.165, 1.54) is 11.6 Å². The number of carbonyl (C=O) groups is 1. The second-order valence-corrected chi connectivity index (χ2v) is 7.54. The lowest BCUT2D eigenvalue weighted by molar-refractivity contribution is -0.111. The third-order valence-electron chi connectivity index (χ3n) is 4.41. The van der Waals surface area contributed by atoms with Gasteiger partial charge >= 0.3 is 0 Å². The summed E-state index contributed by atoms with van der Waals surface area (Å²) in [4.78, 5) is 12.2. The van der Waals surface area contributed by atoms with Gasteiger partial charge in [0.15, 0.2) is 11.5 Å². The van der Waals surface area contributed by atoms with Gasteiger partial charge in [-0.3, -0.25) is 4.79 Å². The van der Waals surface area contributed by atoms with Crippen LogP contribution in [0.15, 0.2) is 48.5 Å². The Bertz CT molecular complexity index is 792. The summed E-state index contributed by atoms with van der Waals surface area (Å²) in [5.41, 5.74) is 2.90. The third kappa shape index (κ3) is 6.76. The van der Waals surface area contributed by atoms with Crippen molar-refractivity contribution in [1.29, 1.82) is 0 Å².